The second-order valence-electron chi connectivity index (χ2n) is 5.20. The summed E-state index contributed by atoms with van der Waals surface area (Å²) in [6.07, 6.45) is -0.946. The first-order valence-electron chi connectivity index (χ1n) is 6.21. The maximum absolute atomic E-state index is 11.9. The second-order valence-corrected chi connectivity index (χ2v) is 5.64. The van der Waals surface area contributed by atoms with Gasteiger partial charge in [0, 0.05) is 0 Å². The standard InChI is InChI=1S/C11H15N3O5S/c1-11(2)18-7-5(4-15)17-9(8(7)19-11)14-10(16)13-6(20)3-12-14/h3,5,7-9,15H,4H2,1-2H3,(H,13,16,20)/t5-,7-,8+,9-/m0/s1. The summed E-state index contributed by atoms with van der Waals surface area (Å²) in [7, 11) is 0. The van der Waals surface area contributed by atoms with Crippen molar-refractivity contribution in [2.75, 3.05) is 6.61 Å². The maximum atomic E-state index is 11.9. The highest BCUT2D eigenvalue weighted by Crippen LogP contribution is 2.42. The van der Waals surface area contributed by atoms with Gasteiger partial charge in [0.15, 0.2) is 12.0 Å². The Morgan fingerprint density at radius 2 is 2.20 bits per heavy atom. The lowest BCUT2D eigenvalue weighted by atomic mass is 10.1. The Morgan fingerprint density at radius 1 is 1.50 bits per heavy atom. The summed E-state index contributed by atoms with van der Waals surface area (Å²) in [6.45, 7) is 3.31. The first-order chi connectivity index (χ1) is 9.41. The number of aliphatic hydroxyl groups is 1. The number of hydrogen-bond acceptors (Lipinski definition) is 7. The van der Waals surface area contributed by atoms with Crippen LogP contribution in [0.4, 0.5) is 0 Å². The third kappa shape index (κ3) is 2.21. The number of rotatable bonds is 2. The van der Waals surface area contributed by atoms with Crippen LogP contribution in [0, 0.1) is 4.64 Å². The molecule has 1 aromatic rings. The van der Waals surface area contributed by atoms with Gasteiger partial charge < -0.3 is 19.3 Å². The zero-order chi connectivity index (χ0) is 14.5. The SMILES string of the molecule is CC1(C)O[C@@H]2[C@@H](O1)[C@@H](n1ncc(=S)[nH]c1=O)O[C@H]2CO. The lowest BCUT2D eigenvalue weighted by Crippen LogP contribution is -2.36. The molecule has 0 saturated carbocycles. The molecule has 2 saturated heterocycles. The van der Waals surface area contributed by atoms with Gasteiger partial charge in [0.25, 0.3) is 0 Å². The van der Waals surface area contributed by atoms with Crippen LogP contribution in [-0.4, -0.2) is 50.6 Å². The van der Waals surface area contributed by atoms with Crippen LogP contribution in [0.5, 0.6) is 0 Å². The van der Waals surface area contributed by atoms with Crippen LogP contribution >= 0.6 is 12.2 Å². The molecule has 2 fully saturated rings. The number of aromatic amines is 1. The predicted molar refractivity (Wildman–Crippen MR) is 68.5 cm³/mol. The van der Waals surface area contributed by atoms with E-state index in [2.05, 4.69) is 10.1 Å². The molecule has 2 aliphatic heterocycles. The Hall–Kier alpha value is -1.13. The van der Waals surface area contributed by atoms with E-state index < -0.39 is 36.0 Å². The number of H-pyrrole nitrogens is 1. The maximum Gasteiger partial charge on any atom is 0.345 e. The number of hydrogen-bond donors (Lipinski definition) is 2. The van der Waals surface area contributed by atoms with E-state index >= 15 is 0 Å². The molecule has 2 N–H and O–H groups in total. The molecule has 0 radical (unpaired) electrons. The fourth-order valence-corrected chi connectivity index (χ4v) is 2.68. The van der Waals surface area contributed by atoms with E-state index in [1.54, 1.807) is 13.8 Å². The van der Waals surface area contributed by atoms with E-state index in [1.165, 1.54) is 6.20 Å². The number of fused-ring (bicyclic) bond motifs is 1. The fraction of sp³-hybridized carbons (Fsp3) is 0.727. The van der Waals surface area contributed by atoms with Crippen LogP contribution < -0.4 is 5.69 Å². The summed E-state index contributed by atoms with van der Waals surface area (Å²) in [5.41, 5.74) is -0.492. The molecule has 3 rings (SSSR count). The number of nitrogens with zero attached hydrogens (tertiary/aromatic N) is 2. The third-order valence-corrected chi connectivity index (χ3v) is 3.49. The van der Waals surface area contributed by atoms with Crippen LogP contribution in [0.25, 0.3) is 0 Å². The molecule has 1 aromatic heterocycles. The first-order valence-corrected chi connectivity index (χ1v) is 6.62. The van der Waals surface area contributed by atoms with Gasteiger partial charge in [-0.05, 0) is 13.8 Å². The molecule has 8 nitrogen and oxygen atoms in total. The predicted octanol–water partition coefficient (Wildman–Crippen LogP) is -0.289. The Labute approximate surface area is 119 Å². The zero-order valence-corrected chi connectivity index (χ0v) is 11.8. The minimum absolute atomic E-state index is 0.227. The van der Waals surface area contributed by atoms with Gasteiger partial charge in [-0.2, -0.15) is 9.78 Å². The topological polar surface area (TPSA) is 98.6 Å². The molecular weight excluding hydrogens is 286 g/mol. The normalized spacial score (nSPS) is 35.1. The lowest BCUT2D eigenvalue weighted by molar-refractivity contribution is -0.202. The van der Waals surface area contributed by atoms with Crippen molar-refractivity contribution in [1.82, 2.24) is 14.8 Å². The average Bonchev–Trinajstić information content (AvgIpc) is 2.83. The van der Waals surface area contributed by atoms with Crippen molar-refractivity contribution in [3.63, 3.8) is 0 Å². The molecule has 0 aromatic carbocycles. The summed E-state index contributed by atoms with van der Waals surface area (Å²) in [6, 6.07) is 0. The average molecular weight is 301 g/mol. The van der Waals surface area contributed by atoms with Gasteiger partial charge in [-0.15, -0.1) is 0 Å². The molecule has 9 heteroatoms. The monoisotopic (exact) mass is 301 g/mol. The molecule has 20 heavy (non-hydrogen) atoms. The Bertz CT molecular complexity index is 627. The molecule has 0 spiro atoms. The van der Waals surface area contributed by atoms with Gasteiger partial charge >= 0.3 is 5.69 Å². The van der Waals surface area contributed by atoms with Crippen molar-refractivity contribution in [2.24, 2.45) is 0 Å². The molecule has 0 unspecified atom stereocenters. The molecule has 110 valence electrons. The molecule has 2 aliphatic rings. The minimum atomic E-state index is -0.796. The molecule has 3 heterocycles. The second kappa shape index (κ2) is 4.71. The first kappa shape index (κ1) is 13.8. The summed E-state index contributed by atoms with van der Waals surface area (Å²) in [5.74, 6) is -0.796. The van der Waals surface area contributed by atoms with Crippen molar-refractivity contribution in [2.45, 2.75) is 44.2 Å². The van der Waals surface area contributed by atoms with Crippen molar-refractivity contribution >= 4 is 12.2 Å². The van der Waals surface area contributed by atoms with E-state index in [4.69, 9.17) is 26.4 Å². The van der Waals surface area contributed by atoms with E-state index in [0.717, 1.165) is 4.68 Å². The van der Waals surface area contributed by atoms with Gasteiger partial charge in [0.05, 0.1) is 12.8 Å². The van der Waals surface area contributed by atoms with Gasteiger partial charge in [-0.1, -0.05) is 12.2 Å². The molecule has 0 aliphatic carbocycles. The van der Waals surface area contributed by atoms with Gasteiger partial charge in [-0.25, -0.2) is 4.79 Å². The van der Waals surface area contributed by atoms with Crippen LogP contribution in [0.2, 0.25) is 0 Å². The lowest BCUT2D eigenvalue weighted by Gasteiger charge is -2.23. The van der Waals surface area contributed by atoms with Crippen LogP contribution in [0.1, 0.15) is 20.1 Å². The highest BCUT2D eigenvalue weighted by molar-refractivity contribution is 7.71. The van der Waals surface area contributed by atoms with E-state index in [-0.39, 0.29) is 11.2 Å². The van der Waals surface area contributed by atoms with Gasteiger partial charge in [0.1, 0.15) is 23.0 Å². The smallest absolute Gasteiger partial charge is 0.345 e. The molecule has 0 amide bonds. The van der Waals surface area contributed by atoms with Crippen LogP contribution in [0.15, 0.2) is 11.0 Å². The van der Waals surface area contributed by atoms with Crippen molar-refractivity contribution in [3.05, 3.63) is 21.3 Å². The van der Waals surface area contributed by atoms with Crippen LogP contribution in [-0.2, 0) is 14.2 Å². The summed E-state index contributed by atoms with van der Waals surface area (Å²) in [4.78, 5) is 14.4. The minimum Gasteiger partial charge on any atom is -0.394 e. The quantitative estimate of drug-likeness (QED) is 0.724. The number of aliphatic hydroxyl groups excluding tert-OH is 1. The van der Waals surface area contributed by atoms with Crippen molar-refractivity contribution < 1.29 is 19.3 Å². The number of ether oxygens (including phenoxy) is 3. The van der Waals surface area contributed by atoms with Crippen molar-refractivity contribution in [3.8, 4) is 0 Å². The Balaban J connectivity index is 1.98. The van der Waals surface area contributed by atoms with E-state index in [9.17, 15) is 9.90 Å². The third-order valence-electron chi connectivity index (χ3n) is 3.28. The zero-order valence-electron chi connectivity index (χ0n) is 11.0. The van der Waals surface area contributed by atoms with Crippen LogP contribution in [0.3, 0.4) is 0 Å². The fourth-order valence-electron chi connectivity index (χ4n) is 2.55. The largest absolute Gasteiger partial charge is 0.394 e. The number of nitrogens with one attached hydrogen (secondary N) is 1. The molecular formula is C11H15N3O5S. The highest BCUT2D eigenvalue weighted by Gasteiger charge is 2.56. The van der Waals surface area contributed by atoms with Crippen molar-refractivity contribution in [1.29, 1.82) is 0 Å². The van der Waals surface area contributed by atoms with E-state index in [0.29, 0.717) is 0 Å². The summed E-state index contributed by atoms with van der Waals surface area (Å²) >= 11 is 4.84. The van der Waals surface area contributed by atoms with E-state index in [1.807, 2.05) is 0 Å². The van der Waals surface area contributed by atoms with Gasteiger partial charge in [-0.3, -0.25) is 4.98 Å². The Morgan fingerprint density at radius 3 is 2.85 bits per heavy atom. The van der Waals surface area contributed by atoms with Gasteiger partial charge in [0.2, 0.25) is 0 Å². The molecule has 4 atom stereocenters. The number of aromatic nitrogens is 3. The summed E-state index contributed by atoms with van der Waals surface area (Å²) < 4.78 is 18.5. The summed E-state index contributed by atoms with van der Waals surface area (Å²) in [5, 5.41) is 13.3. The highest BCUT2D eigenvalue weighted by atomic mass is 32.1. The molecule has 0 bridgehead atoms. The Kier molecular flexibility index (Phi) is 3.26.